The number of ketones is 1. The van der Waals surface area contributed by atoms with Crippen molar-refractivity contribution in [2.75, 3.05) is 0 Å². The van der Waals surface area contributed by atoms with Crippen LogP contribution in [0, 0.1) is 0 Å². The van der Waals surface area contributed by atoms with Gasteiger partial charge in [-0.1, -0.05) is 0 Å². The van der Waals surface area contributed by atoms with Crippen molar-refractivity contribution >= 4 is 5.78 Å². The summed E-state index contributed by atoms with van der Waals surface area (Å²) >= 11 is 0. The van der Waals surface area contributed by atoms with Gasteiger partial charge in [-0.25, -0.2) is 4.39 Å². The number of carbonyl (C=O) groups excluding carboxylic acids is 1. The summed E-state index contributed by atoms with van der Waals surface area (Å²) in [5.74, 6) is -10.3. The second kappa shape index (κ2) is 3.46. The van der Waals surface area contributed by atoms with Crippen molar-refractivity contribution in [3.8, 4) is 0 Å². The summed E-state index contributed by atoms with van der Waals surface area (Å²) in [6, 6.07) is 0. The molecule has 0 aromatic carbocycles. The van der Waals surface area contributed by atoms with Crippen LogP contribution >= 0.6 is 0 Å². The number of rotatable bonds is 1. The Bertz CT molecular complexity index is 271. The van der Waals surface area contributed by atoms with Gasteiger partial charge in [0, 0.05) is 5.76 Å². The van der Waals surface area contributed by atoms with Crippen LogP contribution in [0.5, 0.6) is 0 Å². The summed E-state index contributed by atoms with van der Waals surface area (Å²) < 4.78 is 79.9. The lowest BCUT2D eigenvalue weighted by molar-refractivity contribution is -0.363. The molecule has 0 rings (SSSR count). The lowest BCUT2D eigenvalue weighted by atomic mass is 10.3. The summed E-state index contributed by atoms with van der Waals surface area (Å²) in [6.45, 7) is 0. The van der Waals surface area contributed by atoms with Crippen LogP contribution < -0.4 is 5.11 Å². The Morgan fingerprint density at radius 3 is 1.50 bits per heavy atom. The van der Waals surface area contributed by atoms with E-state index in [0.717, 1.165) is 0 Å². The molecule has 0 spiro atoms. The first-order valence-corrected chi connectivity index (χ1v) is 2.73. The van der Waals surface area contributed by atoms with E-state index in [1.165, 1.54) is 0 Å². The highest BCUT2D eigenvalue weighted by atomic mass is 19.4. The number of halogens is 7. The minimum atomic E-state index is -5.84. The molecule has 2 nitrogen and oxygen atoms in total. The van der Waals surface area contributed by atoms with Gasteiger partial charge in [0.05, 0.1) is 0 Å². The predicted octanol–water partition coefficient (Wildman–Crippen LogP) is 1.22. The fourth-order valence-corrected chi connectivity index (χ4v) is 0.352. The number of hydrogen-bond acceptors (Lipinski definition) is 2. The Hall–Kier alpha value is -1.28. The molecule has 0 radical (unpaired) electrons. The smallest absolute Gasteiger partial charge is 0.457 e. The molecule has 0 amide bonds. The van der Waals surface area contributed by atoms with E-state index < -0.39 is 29.7 Å². The third-order valence-electron chi connectivity index (χ3n) is 0.914. The molecule has 0 aliphatic carbocycles. The van der Waals surface area contributed by atoms with Gasteiger partial charge in [-0.2, -0.15) is 26.3 Å². The van der Waals surface area contributed by atoms with Crippen molar-refractivity contribution in [3.63, 3.8) is 0 Å². The molecule has 0 aliphatic heterocycles. The van der Waals surface area contributed by atoms with Gasteiger partial charge in [0.1, 0.15) is 0 Å². The first-order chi connectivity index (χ1) is 5.98. The van der Waals surface area contributed by atoms with Crippen LogP contribution in [0.4, 0.5) is 30.7 Å². The first kappa shape index (κ1) is 12.7. The highest BCUT2D eigenvalue weighted by Gasteiger charge is 2.44. The molecule has 0 N–H and O–H groups in total. The normalized spacial score (nSPS) is 15.1. The molecule has 9 heteroatoms. The van der Waals surface area contributed by atoms with Crippen molar-refractivity contribution in [3.05, 3.63) is 11.6 Å². The van der Waals surface area contributed by atoms with Crippen LogP contribution in [-0.4, -0.2) is 18.1 Å². The third-order valence-corrected chi connectivity index (χ3v) is 0.914. The van der Waals surface area contributed by atoms with E-state index in [1.54, 1.807) is 0 Å². The van der Waals surface area contributed by atoms with E-state index in [2.05, 4.69) is 0 Å². The molecule has 0 aromatic heterocycles. The van der Waals surface area contributed by atoms with Crippen LogP contribution in [0.25, 0.3) is 0 Å². The standard InChI is InChI=1S/C5HF7O2/c6-1(2(13)4(7,8)9)3(14)5(10,11)12/h13H/p-1/b2-1+. The Kier molecular flexibility index (Phi) is 3.15. The lowest BCUT2D eigenvalue weighted by Gasteiger charge is -2.16. The number of carbonyl (C=O) groups is 1. The average molecular weight is 225 g/mol. The van der Waals surface area contributed by atoms with Crippen LogP contribution in [0.15, 0.2) is 11.6 Å². The van der Waals surface area contributed by atoms with Crippen LogP contribution in [0.2, 0.25) is 0 Å². The van der Waals surface area contributed by atoms with Gasteiger partial charge < -0.3 is 5.11 Å². The van der Waals surface area contributed by atoms with Crippen molar-refractivity contribution in [1.82, 2.24) is 0 Å². The maximum atomic E-state index is 12.0. The molecule has 82 valence electrons. The monoisotopic (exact) mass is 225 g/mol. The summed E-state index contributed by atoms with van der Waals surface area (Å²) in [6.07, 6.45) is -11.7. The molecule has 0 bridgehead atoms. The Balaban J connectivity index is 5.14. The number of hydrogen-bond donors (Lipinski definition) is 0. The lowest BCUT2D eigenvalue weighted by Crippen LogP contribution is -2.31. The second-order valence-electron chi connectivity index (χ2n) is 1.97. The molecule has 0 fully saturated rings. The van der Waals surface area contributed by atoms with Crippen molar-refractivity contribution in [2.24, 2.45) is 0 Å². The molecule has 0 aromatic rings. The summed E-state index contributed by atoms with van der Waals surface area (Å²) in [7, 11) is 0. The molecule has 0 unspecified atom stereocenters. The maximum Gasteiger partial charge on any atom is 0.457 e. The zero-order valence-corrected chi connectivity index (χ0v) is 5.96. The summed E-state index contributed by atoms with van der Waals surface area (Å²) in [5.41, 5.74) is 0. The van der Waals surface area contributed by atoms with Crippen LogP contribution in [-0.2, 0) is 4.79 Å². The molecule has 0 aliphatic rings. The van der Waals surface area contributed by atoms with E-state index in [4.69, 9.17) is 0 Å². The molecular weight excluding hydrogens is 225 g/mol. The minimum absolute atomic E-state index is 3.38. The van der Waals surface area contributed by atoms with Crippen LogP contribution in [0.1, 0.15) is 0 Å². The van der Waals surface area contributed by atoms with Gasteiger partial charge >= 0.3 is 12.4 Å². The van der Waals surface area contributed by atoms with E-state index in [9.17, 15) is 40.6 Å². The third kappa shape index (κ3) is 2.89. The maximum absolute atomic E-state index is 12.0. The zero-order chi connectivity index (χ0) is 11.7. The Labute approximate surface area is 71.6 Å². The van der Waals surface area contributed by atoms with Gasteiger partial charge in [0.2, 0.25) is 0 Å². The molecule has 0 saturated heterocycles. The molecular formula is C5F7O2-. The van der Waals surface area contributed by atoms with E-state index in [1.807, 2.05) is 0 Å². The van der Waals surface area contributed by atoms with Gasteiger partial charge in [-0.05, 0) is 0 Å². The van der Waals surface area contributed by atoms with E-state index >= 15 is 0 Å². The average Bonchev–Trinajstić information content (AvgIpc) is 1.97. The van der Waals surface area contributed by atoms with Crippen LogP contribution in [0.3, 0.4) is 0 Å². The topological polar surface area (TPSA) is 40.1 Å². The Morgan fingerprint density at radius 1 is 0.929 bits per heavy atom. The first-order valence-electron chi connectivity index (χ1n) is 2.73. The van der Waals surface area contributed by atoms with Gasteiger partial charge in [0.25, 0.3) is 5.78 Å². The number of Topliss-reactive ketones (excluding diaryl/α,β-unsaturated/α-hetero) is 1. The predicted molar refractivity (Wildman–Crippen MR) is 25.3 cm³/mol. The molecule has 0 saturated carbocycles. The van der Waals surface area contributed by atoms with Crippen molar-refractivity contribution in [2.45, 2.75) is 12.4 Å². The second-order valence-corrected chi connectivity index (χ2v) is 1.97. The molecule has 14 heavy (non-hydrogen) atoms. The van der Waals surface area contributed by atoms with E-state index in [-0.39, 0.29) is 0 Å². The summed E-state index contributed by atoms with van der Waals surface area (Å²) in [5, 5.41) is 9.79. The highest BCUT2D eigenvalue weighted by molar-refractivity contribution is 5.98. The van der Waals surface area contributed by atoms with Crippen molar-refractivity contribution in [1.29, 1.82) is 0 Å². The van der Waals surface area contributed by atoms with E-state index in [0.29, 0.717) is 0 Å². The van der Waals surface area contributed by atoms with Gasteiger partial charge in [0.15, 0.2) is 5.83 Å². The zero-order valence-electron chi connectivity index (χ0n) is 5.96. The summed E-state index contributed by atoms with van der Waals surface area (Å²) in [4.78, 5) is 9.79. The SMILES string of the molecule is O=C(/C(F)=C(\[O-])C(F)(F)F)C(F)(F)F. The molecule has 0 heterocycles. The largest absolute Gasteiger partial charge is 0.867 e. The molecule has 0 atom stereocenters. The fourth-order valence-electron chi connectivity index (χ4n) is 0.352. The minimum Gasteiger partial charge on any atom is -0.867 e. The highest BCUT2D eigenvalue weighted by Crippen LogP contribution is 2.28. The number of allylic oxidation sites excluding steroid dienone is 2. The van der Waals surface area contributed by atoms with Crippen molar-refractivity contribution < 1.29 is 40.6 Å². The van der Waals surface area contributed by atoms with Gasteiger partial charge in [-0.3, -0.25) is 4.79 Å². The fraction of sp³-hybridized carbons (Fsp3) is 0.400. The quantitative estimate of drug-likeness (QED) is 0.382. The van der Waals surface area contributed by atoms with Gasteiger partial charge in [-0.15, -0.1) is 0 Å². The Morgan fingerprint density at radius 2 is 1.29 bits per heavy atom. The number of alkyl halides is 6.